The van der Waals surface area contributed by atoms with Gasteiger partial charge in [-0.1, -0.05) is 0 Å². The first kappa shape index (κ1) is 13.1. The molecule has 6 heteroatoms. The first-order valence-electron chi connectivity index (χ1n) is 6.83. The lowest BCUT2D eigenvalue weighted by Gasteiger charge is -2.09. The van der Waals surface area contributed by atoms with E-state index in [-0.39, 0.29) is 11.9 Å². The van der Waals surface area contributed by atoms with Gasteiger partial charge < -0.3 is 0 Å². The summed E-state index contributed by atoms with van der Waals surface area (Å²) in [6.07, 6.45) is 3.98. The third-order valence-corrected chi connectivity index (χ3v) is 3.51. The molecule has 0 aromatic carbocycles. The number of fused-ring (bicyclic) bond motifs is 1. The molecule has 0 unspecified atom stereocenters. The number of carbonyl (C=O) groups excluding carboxylic acids is 1. The predicted octanol–water partition coefficient (Wildman–Crippen LogP) is 2.18. The number of rotatable bonds is 4. The Morgan fingerprint density at radius 1 is 1.50 bits per heavy atom. The number of nitrogens with one attached hydrogen (secondary N) is 1. The summed E-state index contributed by atoms with van der Waals surface area (Å²) in [5.74, 6) is 0.217. The number of nitrogens with zero attached hydrogens (tertiary/aromatic N) is 3. The number of pyridine rings is 1. The van der Waals surface area contributed by atoms with E-state index in [9.17, 15) is 4.79 Å². The minimum absolute atomic E-state index is 0.202. The molecule has 0 bridgehead atoms. The third kappa shape index (κ3) is 2.16. The second-order valence-electron chi connectivity index (χ2n) is 5.42. The summed E-state index contributed by atoms with van der Waals surface area (Å²) in [4.78, 5) is 21.6. The van der Waals surface area contributed by atoms with E-state index >= 15 is 0 Å². The largest absolute Gasteiger partial charge is 0.277 e. The van der Waals surface area contributed by atoms with Crippen LogP contribution in [0.25, 0.3) is 11.0 Å². The van der Waals surface area contributed by atoms with Crippen molar-refractivity contribution in [1.82, 2.24) is 20.2 Å². The van der Waals surface area contributed by atoms with E-state index in [2.05, 4.69) is 10.6 Å². The Hall–Kier alpha value is -1.95. The Morgan fingerprint density at radius 3 is 2.85 bits per heavy atom. The number of hydrogen-bond acceptors (Lipinski definition) is 4. The van der Waals surface area contributed by atoms with Crippen molar-refractivity contribution in [2.24, 2.45) is 0 Å². The van der Waals surface area contributed by atoms with E-state index in [4.69, 9.17) is 9.82 Å². The van der Waals surface area contributed by atoms with Crippen LogP contribution in [0, 0.1) is 0 Å². The van der Waals surface area contributed by atoms with Gasteiger partial charge in [-0.2, -0.15) is 5.10 Å². The molecule has 1 saturated carbocycles. The summed E-state index contributed by atoms with van der Waals surface area (Å²) >= 11 is 0. The molecule has 0 atom stereocenters. The number of amides is 1. The van der Waals surface area contributed by atoms with Gasteiger partial charge in [-0.05, 0) is 32.8 Å². The van der Waals surface area contributed by atoms with E-state index in [0.717, 1.165) is 29.6 Å². The molecule has 1 aliphatic carbocycles. The van der Waals surface area contributed by atoms with E-state index in [1.807, 2.05) is 24.6 Å². The second-order valence-corrected chi connectivity index (χ2v) is 5.42. The van der Waals surface area contributed by atoms with Gasteiger partial charge in [0.15, 0.2) is 5.65 Å². The summed E-state index contributed by atoms with van der Waals surface area (Å²) in [6.45, 7) is 4.10. The van der Waals surface area contributed by atoms with Crippen LogP contribution >= 0.6 is 0 Å². The maximum absolute atomic E-state index is 12.1. The first-order chi connectivity index (χ1) is 9.61. The van der Waals surface area contributed by atoms with Crippen molar-refractivity contribution >= 4 is 16.9 Å². The van der Waals surface area contributed by atoms with E-state index in [1.54, 1.807) is 6.20 Å². The van der Waals surface area contributed by atoms with Crippen LogP contribution in [0.3, 0.4) is 0 Å². The molecular weight excluding hydrogens is 256 g/mol. The van der Waals surface area contributed by atoms with Crippen LogP contribution in [0.5, 0.6) is 0 Å². The molecule has 2 heterocycles. The molecule has 2 aromatic heterocycles. The summed E-state index contributed by atoms with van der Waals surface area (Å²) < 4.78 is 1.85. The molecule has 3 rings (SSSR count). The van der Waals surface area contributed by atoms with Crippen LogP contribution < -0.4 is 5.48 Å². The molecule has 0 aliphatic heterocycles. The van der Waals surface area contributed by atoms with Gasteiger partial charge in [-0.25, -0.2) is 15.1 Å². The summed E-state index contributed by atoms with van der Waals surface area (Å²) in [5, 5.41) is 5.11. The lowest BCUT2D eigenvalue weighted by atomic mass is 10.1. The van der Waals surface area contributed by atoms with Crippen LogP contribution in [-0.4, -0.2) is 27.8 Å². The Morgan fingerprint density at radius 2 is 2.25 bits per heavy atom. The molecule has 0 spiro atoms. The number of hydrogen-bond donors (Lipinski definition) is 1. The van der Waals surface area contributed by atoms with Gasteiger partial charge in [0.25, 0.3) is 5.91 Å². The molecule has 2 aromatic rings. The summed E-state index contributed by atoms with van der Waals surface area (Å²) in [6, 6.07) is 2.06. The second kappa shape index (κ2) is 4.86. The summed E-state index contributed by atoms with van der Waals surface area (Å²) in [7, 11) is 1.43. The van der Waals surface area contributed by atoms with Crippen molar-refractivity contribution in [1.29, 1.82) is 0 Å². The van der Waals surface area contributed by atoms with Gasteiger partial charge in [0.05, 0.1) is 24.3 Å². The van der Waals surface area contributed by atoms with Crippen molar-refractivity contribution in [2.45, 2.75) is 38.6 Å². The highest BCUT2D eigenvalue weighted by Crippen LogP contribution is 2.40. The smallest absolute Gasteiger partial charge is 0.275 e. The van der Waals surface area contributed by atoms with Crippen LogP contribution in [0.4, 0.5) is 0 Å². The summed E-state index contributed by atoms with van der Waals surface area (Å²) in [5.41, 5.74) is 4.69. The molecule has 106 valence electrons. The fraction of sp³-hybridized carbons (Fsp3) is 0.500. The zero-order valence-corrected chi connectivity index (χ0v) is 11.9. The van der Waals surface area contributed by atoms with E-state index < -0.39 is 0 Å². The minimum atomic E-state index is -0.259. The zero-order chi connectivity index (χ0) is 14.3. The van der Waals surface area contributed by atoms with Gasteiger partial charge in [-0.3, -0.25) is 9.63 Å². The van der Waals surface area contributed by atoms with Crippen molar-refractivity contribution in [3.05, 3.63) is 23.5 Å². The van der Waals surface area contributed by atoms with E-state index in [0.29, 0.717) is 11.5 Å². The Labute approximate surface area is 117 Å². The third-order valence-electron chi connectivity index (χ3n) is 3.51. The van der Waals surface area contributed by atoms with Gasteiger partial charge in [0, 0.05) is 17.7 Å². The average molecular weight is 274 g/mol. The molecule has 1 fully saturated rings. The Balaban J connectivity index is 2.18. The van der Waals surface area contributed by atoms with Gasteiger partial charge >= 0.3 is 0 Å². The van der Waals surface area contributed by atoms with Crippen molar-refractivity contribution in [2.75, 3.05) is 7.11 Å². The highest BCUT2D eigenvalue weighted by Gasteiger charge is 2.28. The number of hydroxylamine groups is 1. The predicted molar refractivity (Wildman–Crippen MR) is 74.4 cm³/mol. The van der Waals surface area contributed by atoms with Crippen LogP contribution in [-0.2, 0) is 4.84 Å². The van der Waals surface area contributed by atoms with Crippen molar-refractivity contribution in [3.8, 4) is 0 Å². The fourth-order valence-electron chi connectivity index (χ4n) is 2.34. The maximum atomic E-state index is 12.1. The van der Waals surface area contributed by atoms with Gasteiger partial charge in [-0.15, -0.1) is 0 Å². The molecule has 6 nitrogen and oxygen atoms in total. The van der Waals surface area contributed by atoms with E-state index in [1.165, 1.54) is 7.11 Å². The maximum Gasteiger partial charge on any atom is 0.275 e. The fourth-order valence-corrected chi connectivity index (χ4v) is 2.34. The lowest BCUT2D eigenvalue weighted by Crippen LogP contribution is -2.22. The number of carbonyl (C=O) groups is 1. The van der Waals surface area contributed by atoms with Crippen molar-refractivity contribution < 1.29 is 9.63 Å². The number of aromatic nitrogens is 3. The zero-order valence-electron chi connectivity index (χ0n) is 11.9. The van der Waals surface area contributed by atoms with Crippen molar-refractivity contribution in [3.63, 3.8) is 0 Å². The first-order valence-corrected chi connectivity index (χ1v) is 6.83. The quantitative estimate of drug-likeness (QED) is 0.868. The highest BCUT2D eigenvalue weighted by molar-refractivity contribution is 6.05. The topological polar surface area (TPSA) is 69.0 Å². The molecule has 1 N–H and O–H groups in total. The minimum Gasteiger partial charge on any atom is -0.277 e. The lowest BCUT2D eigenvalue weighted by molar-refractivity contribution is 0.0539. The molecule has 20 heavy (non-hydrogen) atoms. The standard InChI is InChI=1S/C14H18N4O2/c1-8(2)18-13-11(7-15-18)10(14(19)17-20-3)6-12(16-13)9-4-5-9/h6-9H,4-5H2,1-3H3,(H,17,19). The highest BCUT2D eigenvalue weighted by atomic mass is 16.6. The Kier molecular flexibility index (Phi) is 3.17. The SMILES string of the molecule is CONC(=O)c1cc(C2CC2)nc2c1cnn2C(C)C. The van der Waals surface area contributed by atoms with Crippen LogP contribution in [0.2, 0.25) is 0 Å². The van der Waals surface area contributed by atoms with Gasteiger partial charge in [0.1, 0.15) is 0 Å². The molecule has 0 radical (unpaired) electrons. The molecule has 1 amide bonds. The average Bonchev–Trinajstić information content (AvgIpc) is 3.17. The molecule has 1 aliphatic rings. The van der Waals surface area contributed by atoms with Crippen LogP contribution in [0.1, 0.15) is 54.7 Å². The monoisotopic (exact) mass is 274 g/mol. The molecular formula is C14H18N4O2. The normalized spacial score (nSPS) is 15.0. The molecule has 0 saturated heterocycles. The van der Waals surface area contributed by atoms with Gasteiger partial charge in [0.2, 0.25) is 0 Å². The van der Waals surface area contributed by atoms with Crippen LogP contribution in [0.15, 0.2) is 12.3 Å². The Bertz CT molecular complexity index is 658.